The Morgan fingerprint density at radius 3 is 2.24 bits per heavy atom. The SMILES string of the molecule is COc1ccc(C(F)(F)S(=O)(=O)OCOC(C)=O)cc1.[H-].[Na+]. The first-order valence-electron chi connectivity index (χ1n) is 5.25. The van der Waals surface area contributed by atoms with Gasteiger partial charge in [0.1, 0.15) is 5.75 Å². The summed E-state index contributed by atoms with van der Waals surface area (Å²) in [6, 6.07) is 4.16. The largest absolute Gasteiger partial charge is 1.00 e. The monoisotopic (exact) mass is 334 g/mol. The molecule has 0 saturated carbocycles. The number of rotatable bonds is 6. The first-order chi connectivity index (χ1) is 9.20. The van der Waals surface area contributed by atoms with Gasteiger partial charge in [0, 0.05) is 12.5 Å². The fourth-order valence-electron chi connectivity index (χ4n) is 1.17. The molecule has 114 valence electrons. The normalized spacial score (nSPS) is 11.4. The fourth-order valence-corrected chi connectivity index (χ4v) is 1.92. The van der Waals surface area contributed by atoms with Crippen LogP contribution in [0.3, 0.4) is 0 Å². The summed E-state index contributed by atoms with van der Waals surface area (Å²) in [5.41, 5.74) is -0.791. The van der Waals surface area contributed by atoms with Crippen LogP contribution >= 0.6 is 0 Å². The maximum atomic E-state index is 13.8. The zero-order valence-corrected chi connectivity index (χ0v) is 14.4. The molecule has 0 radical (unpaired) electrons. The van der Waals surface area contributed by atoms with Gasteiger partial charge in [-0.05, 0) is 24.3 Å². The Kier molecular flexibility index (Phi) is 7.76. The van der Waals surface area contributed by atoms with Crippen molar-refractivity contribution < 1.29 is 66.6 Å². The van der Waals surface area contributed by atoms with E-state index in [0.29, 0.717) is 5.75 Å². The number of alkyl halides is 2. The molecular formula is C11H13F2NaO6S. The minimum atomic E-state index is -5.28. The van der Waals surface area contributed by atoms with E-state index >= 15 is 0 Å². The summed E-state index contributed by atoms with van der Waals surface area (Å²) >= 11 is 0. The van der Waals surface area contributed by atoms with Crippen LogP contribution in [-0.4, -0.2) is 28.3 Å². The number of methoxy groups -OCH3 is 1. The Labute approximate surface area is 144 Å². The fraction of sp³-hybridized carbons (Fsp3) is 0.364. The number of carbonyl (C=O) groups is 1. The number of carbonyl (C=O) groups excluding carboxylic acids is 1. The van der Waals surface area contributed by atoms with Crippen LogP contribution in [-0.2, 0) is 29.1 Å². The predicted molar refractivity (Wildman–Crippen MR) is 64.6 cm³/mol. The summed E-state index contributed by atoms with van der Waals surface area (Å²) in [6.45, 7) is -0.124. The van der Waals surface area contributed by atoms with Crippen LogP contribution in [0.1, 0.15) is 13.9 Å². The Morgan fingerprint density at radius 1 is 1.29 bits per heavy atom. The predicted octanol–water partition coefficient (Wildman–Crippen LogP) is -1.27. The molecule has 1 aromatic rings. The van der Waals surface area contributed by atoms with Crippen LogP contribution in [0.15, 0.2) is 24.3 Å². The summed E-state index contributed by atoms with van der Waals surface area (Å²) in [5.74, 6) is -0.559. The zero-order chi connectivity index (χ0) is 15.4. The third-order valence-corrected chi connectivity index (χ3v) is 3.48. The smallest absolute Gasteiger partial charge is 1.00 e. The van der Waals surface area contributed by atoms with E-state index in [-0.39, 0.29) is 31.0 Å². The molecule has 0 atom stereocenters. The first-order valence-corrected chi connectivity index (χ1v) is 6.66. The van der Waals surface area contributed by atoms with Gasteiger partial charge in [0.15, 0.2) is 0 Å². The van der Waals surface area contributed by atoms with E-state index < -0.39 is 33.7 Å². The van der Waals surface area contributed by atoms with Gasteiger partial charge < -0.3 is 10.9 Å². The minimum Gasteiger partial charge on any atom is -1.00 e. The zero-order valence-electron chi connectivity index (χ0n) is 12.6. The van der Waals surface area contributed by atoms with Gasteiger partial charge in [-0.15, -0.1) is 0 Å². The van der Waals surface area contributed by atoms with Crippen LogP contribution in [0.25, 0.3) is 0 Å². The molecule has 0 N–H and O–H groups in total. The Hall–Kier alpha value is -0.740. The first kappa shape index (κ1) is 20.3. The summed E-state index contributed by atoms with van der Waals surface area (Å²) in [6.07, 6.45) is 0. The average molecular weight is 334 g/mol. The molecule has 0 aliphatic heterocycles. The van der Waals surface area contributed by atoms with Crippen LogP contribution in [0.4, 0.5) is 8.78 Å². The van der Waals surface area contributed by atoms with Gasteiger partial charge in [-0.25, -0.2) is 4.18 Å². The second-order valence-electron chi connectivity index (χ2n) is 3.57. The van der Waals surface area contributed by atoms with E-state index in [1.165, 1.54) is 19.2 Å². The van der Waals surface area contributed by atoms with E-state index in [2.05, 4.69) is 8.92 Å². The van der Waals surface area contributed by atoms with E-state index in [1.54, 1.807) is 0 Å². The van der Waals surface area contributed by atoms with E-state index in [9.17, 15) is 22.0 Å². The number of halogens is 2. The summed E-state index contributed by atoms with van der Waals surface area (Å²) in [7, 11) is -3.94. The van der Waals surface area contributed by atoms with Gasteiger partial charge in [-0.1, -0.05) is 0 Å². The third kappa shape index (κ3) is 5.19. The Morgan fingerprint density at radius 2 is 1.81 bits per heavy atom. The molecule has 6 nitrogen and oxygen atoms in total. The van der Waals surface area contributed by atoms with Gasteiger partial charge in [0.25, 0.3) is 0 Å². The molecule has 21 heavy (non-hydrogen) atoms. The number of hydrogen-bond acceptors (Lipinski definition) is 6. The van der Waals surface area contributed by atoms with E-state index in [1.807, 2.05) is 0 Å². The molecule has 0 aliphatic rings. The van der Waals surface area contributed by atoms with Crippen molar-refractivity contribution in [1.29, 1.82) is 0 Å². The molecule has 0 bridgehead atoms. The average Bonchev–Trinajstić information content (AvgIpc) is 2.38. The van der Waals surface area contributed by atoms with Gasteiger partial charge in [0.05, 0.1) is 7.11 Å². The Balaban J connectivity index is 0. The maximum Gasteiger partial charge on any atom is 1.00 e. The number of benzene rings is 1. The van der Waals surface area contributed by atoms with Crippen molar-refractivity contribution in [3.63, 3.8) is 0 Å². The van der Waals surface area contributed by atoms with Crippen molar-refractivity contribution in [2.45, 2.75) is 12.2 Å². The molecule has 0 aliphatic carbocycles. The molecule has 0 aromatic heterocycles. The van der Waals surface area contributed by atoms with Crippen LogP contribution in [0.5, 0.6) is 5.75 Å². The van der Waals surface area contributed by atoms with Crippen molar-refractivity contribution in [3.05, 3.63) is 29.8 Å². The van der Waals surface area contributed by atoms with Crippen molar-refractivity contribution in [2.24, 2.45) is 0 Å². The molecule has 1 aromatic carbocycles. The van der Waals surface area contributed by atoms with Crippen LogP contribution in [0, 0.1) is 0 Å². The van der Waals surface area contributed by atoms with Gasteiger partial charge in [-0.3, -0.25) is 4.79 Å². The number of esters is 1. The van der Waals surface area contributed by atoms with Crippen molar-refractivity contribution >= 4 is 16.1 Å². The number of ether oxygens (including phenoxy) is 2. The molecule has 1 rings (SSSR count). The summed E-state index contributed by atoms with van der Waals surface area (Å²) in [4.78, 5) is 10.4. The molecule has 0 saturated heterocycles. The molecular weight excluding hydrogens is 321 g/mol. The summed E-state index contributed by atoms with van der Waals surface area (Å²) < 4.78 is 63.3. The molecule has 0 spiro atoms. The maximum absolute atomic E-state index is 13.8. The summed E-state index contributed by atoms with van der Waals surface area (Å²) in [5, 5.41) is -4.28. The molecule has 10 heteroatoms. The Bertz CT molecular complexity index is 579. The van der Waals surface area contributed by atoms with Crippen LogP contribution in [0.2, 0.25) is 0 Å². The second-order valence-corrected chi connectivity index (χ2v) is 5.23. The van der Waals surface area contributed by atoms with Crippen molar-refractivity contribution in [3.8, 4) is 5.75 Å². The van der Waals surface area contributed by atoms with Gasteiger partial charge in [-0.2, -0.15) is 17.2 Å². The van der Waals surface area contributed by atoms with E-state index in [4.69, 9.17) is 4.74 Å². The molecule has 0 fully saturated rings. The quantitative estimate of drug-likeness (QED) is 0.279. The van der Waals surface area contributed by atoms with Gasteiger partial charge >= 0.3 is 50.9 Å². The second kappa shape index (κ2) is 8.04. The van der Waals surface area contributed by atoms with Crippen LogP contribution < -0.4 is 34.3 Å². The topological polar surface area (TPSA) is 78.9 Å². The number of hydrogen-bond donors (Lipinski definition) is 0. The van der Waals surface area contributed by atoms with Crippen molar-refractivity contribution in [1.82, 2.24) is 0 Å². The molecule has 0 heterocycles. The van der Waals surface area contributed by atoms with E-state index in [0.717, 1.165) is 19.1 Å². The van der Waals surface area contributed by atoms with Gasteiger partial charge in [0.2, 0.25) is 6.79 Å². The molecule has 0 amide bonds. The molecule has 0 unspecified atom stereocenters. The standard InChI is InChI=1S/C11H12F2O6S.Na.H/c1-8(14)18-7-19-20(15,16)11(12,13)9-3-5-10(17-2)6-4-9;;/h3-6H,7H2,1-2H3;;/q;+1;-1. The van der Waals surface area contributed by atoms with Crippen molar-refractivity contribution in [2.75, 3.05) is 13.9 Å². The minimum absolute atomic E-state index is 0. The third-order valence-electron chi connectivity index (χ3n) is 2.21.